The predicted octanol–water partition coefficient (Wildman–Crippen LogP) is 12.2. The van der Waals surface area contributed by atoms with Gasteiger partial charge in [0, 0.05) is 14.7 Å². The van der Waals surface area contributed by atoms with Crippen LogP contribution in [-0.2, 0) is 0 Å². The van der Waals surface area contributed by atoms with Gasteiger partial charge in [-0.25, -0.2) is 0 Å². The molecule has 4 heteroatoms. The van der Waals surface area contributed by atoms with Crippen LogP contribution in [-0.4, -0.2) is 16.8 Å². The molecule has 241 valence electrons. The van der Waals surface area contributed by atoms with Crippen LogP contribution in [0, 0.1) is 0 Å². The number of hydrogen-bond acceptors (Lipinski definition) is 3. The summed E-state index contributed by atoms with van der Waals surface area (Å²) in [5.41, 5.74) is -1.37. The van der Waals surface area contributed by atoms with E-state index in [1.807, 2.05) is 0 Å². The third-order valence-electron chi connectivity index (χ3n) is 7.54. The zero-order valence-corrected chi connectivity index (χ0v) is 29.7. The van der Waals surface area contributed by atoms with Crippen LogP contribution in [0.1, 0.15) is 62.3 Å². The highest BCUT2D eigenvalue weighted by Gasteiger charge is 2.56. The summed E-state index contributed by atoms with van der Waals surface area (Å²) in [5.74, 6) is 2.46. The molecule has 5 aromatic carbocycles. The summed E-state index contributed by atoms with van der Waals surface area (Å²) in [4.78, 5) is 5.50. The third kappa shape index (κ3) is 6.03. The minimum Gasteiger partial charge on any atom is -0.487 e. The molecule has 0 saturated heterocycles. The first-order chi connectivity index (χ1) is 21.7. The second-order valence-corrected chi connectivity index (χ2v) is 18.9. The van der Waals surface area contributed by atoms with Crippen molar-refractivity contribution in [3.05, 3.63) is 133 Å². The van der Waals surface area contributed by atoms with Gasteiger partial charge in [-0.05, 0) is 133 Å². The molecule has 0 bridgehead atoms. The molecule has 0 atom stereocenters. The average Bonchev–Trinajstić information content (AvgIpc) is 2.99. The standard InChI is InChI=1S/C42H49O3S/c1-40(2,3)43-34-26-16-19-29-37(34)46(32-22-12-10-13-23-32,33-24-14-11-15-25-33,38-30-20-17-27-35(38)44-41(4,5)6)39-31-21-18-28-36(39)45-42(7,8)9/h10-31H,1-9H3. The van der Waals surface area contributed by atoms with Gasteiger partial charge in [0.05, 0.1) is 0 Å². The highest BCUT2D eigenvalue weighted by Crippen LogP contribution is 2.97. The summed E-state index contributed by atoms with van der Waals surface area (Å²) in [6.45, 7) is 19.0. The van der Waals surface area contributed by atoms with Gasteiger partial charge >= 0.3 is 0 Å². The van der Waals surface area contributed by atoms with E-state index in [1.54, 1.807) is 0 Å². The Hall–Kier alpha value is -4.15. The van der Waals surface area contributed by atoms with E-state index in [9.17, 15) is 0 Å². The Kier molecular flexibility index (Phi) is 8.83. The van der Waals surface area contributed by atoms with Gasteiger partial charge in [0.1, 0.15) is 34.1 Å². The number of rotatable bonds is 8. The van der Waals surface area contributed by atoms with Gasteiger partial charge in [-0.3, -0.25) is 0 Å². The fourth-order valence-electron chi connectivity index (χ4n) is 6.24. The van der Waals surface area contributed by atoms with E-state index in [4.69, 9.17) is 14.2 Å². The van der Waals surface area contributed by atoms with E-state index in [2.05, 4.69) is 196 Å². The minimum atomic E-state index is -3.67. The number of hydrogen-bond donors (Lipinski definition) is 0. The van der Waals surface area contributed by atoms with Gasteiger partial charge in [-0.1, -0.05) is 72.8 Å². The molecule has 0 saturated carbocycles. The maximum absolute atomic E-state index is 6.98. The van der Waals surface area contributed by atoms with Gasteiger partial charge in [0.2, 0.25) is 0 Å². The molecule has 0 aliphatic carbocycles. The fourth-order valence-corrected chi connectivity index (χ4v) is 12.7. The number of para-hydroxylation sites is 3. The van der Waals surface area contributed by atoms with Crippen molar-refractivity contribution in [1.82, 2.24) is 0 Å². The maximum Gasteiger partial charge on any atom is 0.132 e. The molecule has 5 rings (SSSR count). The molecule has 0 N–H and O–H groups in total. The SMILES string of the molecule is CC(C)(C)Oc1ccccc1[S](c1ccccc1)(c1ccccc1)(c1ccccc1OC(C)(C)C)c1ccccc1OC(C)(C)C. The topological polar surface area (TPSA) is 27.7 Å². The van der Waals surface area contributed by atoms with Crippen LogP contribution in [0.25, 0.3) is 0 Å². The summed E-state index contributed by atoms with van der Waals surface area (Å²) >= 11 is 0. The number of benzene rings is 5. The van der Waals surface area contributed by atoms with Crippen LogP contribution in [0.4, 0.5) is 0 Å². The Bertz CT molecular complexity index is 1580. The zero-order chi connectivity index (χ0) is 33.2. The zero-order valence-electron chi connectivity index (χ0n) is 28.8. The van der Waals surface area contributed by atoms with Crippen molar-refractivity contribution in [3.63, 3.8) is 0 Å². The van der Waals surface area contributed by atoms with Crippen molar-refractivity contribution in [2.24, 2.45) is 0 Å². The molecule has 0 spiro atoms. The lowest BCUT2D eigenvalue weighted by Crippen LogP contribution is -2.30. The fraction of sp³-hybridized carbons (Fsp3) is 0.286. The van der Waals surface area contributed by atoms with Crippen LogP contribution >= 0.6 is 9.16 Å². The molecule has 0 amide bonds. The van der Waals surface area contributed by atoms with E-state index in [0.29, 0.717) is 0 Å². The van der Waals surface area contributed by atoms with Gasteiger partial charge < -0.3 is 14.2 Å². The van der Waals surface area contributed by atoms with Crippen LogP contribution in [0.3, 0.4) is 0 Å². The monoisotopic (exact) mass is 633 g/mol. The molecule has 0 aliphatic heterocycles. The Morgan fingerprint density at radius 2 is 0.565 bits per heavy atom. The second kappa shape index (κ2) is 12.2. The molecular weight excluding hydrogens is 585 g/mol. The summed E-state index contributed by atoms with van der Waals surface area (Å²) < 4.78 is 20.9. The van der Waals surface area contributed by atoms with Crippen molar-refractivity contribution in [2.45, 2.75) is 104 Å². The normalized spacial score (nSPS) is 13.4. The molecule has 1 radical (unpaired) electrons. The lowest BCUT2D eigenvalue weighted by Gasteiger charge is -2.62. The van der Waals surface area contributed by atoms with Crippen molar-refractivity contribution in [3.8, 4) is 17.2 Å². The van der Waals surface area contributed by atoms with E-state index in [-0.39, 0.29) is 0 Å². The van der Waals surface area contributed by atoms with Gasteiger partial charge in [0.15, 0.2) is 0 Å². The smallest absolute Gasteiger partial charge is 0.132 e. The predicted molar refractivity (Wildman–Crippen MR) is 192 cm³/mol. The third-order valence-corrected chi connectivity index (χ3v) is 13.6. The number of ether oxygens (including phenoxy) is 3. The van der Waals surface area contributed by atoms with Crippen molar-refractivity contribution in [1.29, 1.82) is 0 Å². The van der Waals surface area contributed by atoms with E-state index >= 15 is 0 Å². The summed E-state index contributed by atoms with van der Waals surface area (Å²) in [7, 11) is -3.67. The van der Waals surface area contributed by atoms with Crippen LogP contribution < -0.4 is 14.2 Å². The molecule has 46 heavy (non-hydrogen) atoms. The molecule has 0 aliphatic rings. The summed E-state index contributed by atoms with van der Waals surface area (Å²) in [6.07, 6.45) is 0. The summed E-state index contributed by atoms with van der Waals surface area (Å²) in [5, 5.41) is 0. The Balaban J connectivity index is 2.21. The van der Waals surface area contributed by atoms with Crippen LogP contribution in [0.5, 0.6) is 17.2 Å². The van der Waals surface area contributed by atoms with E-state index in [0.717, 1.165) is 41.7 Å². The molecule has 0 aromatic heterocycles. The van der Waals surface area contributed by atoms with Gasteiger partial charge in [0.25, 0.3) is 0 Å². The lowest BCUT2D eigenvalue weighted by atomic mass is 10.2. The first kappa shape index (κ1) is 33.2. The van der Waals surface area contributed by atoms with E-state index in [1.165, 1.54) is 0 Å². The Morgan fingerprint density at radius 1 is 0.326 bits per heavy atom. The second-order valence-electron chi connectivity index (χ2n) is 14.6. The first-order valence-corrected chi connectivity index (χ1v) is 18.1. The minimum absolute atomic E-state index is 0.456. The van der Waals surface area contributed by atoms with E-state index < -0.39 is 26.0 Å². The van der Waals surface area contributed by atoms with Gasteiger partial charge in [-0.15, -0.1) is 9.16 Å². The van der Waals surface area contributed by atoms with Crippen LogP contribution in [0.2, 0.25) is 0 Å². The van der Waals surface area contributed by atoms with Gasteiger partial charge in [-0.2, -0.15) is 0 Å². The highest BCUT2D eigenvalue weighted by atomic mass is 32.3. The molecule has 3 nitrogen and oxygen atoms in total. The molecule has 0 unspecified atom stereocenters. The van der Waals surface area contributed by atoms with Crippen molar-refractivity contribution >= 4 is 9.16 Å². The summed E-state index contributed by atoms with van der Waals surface area (Å²) in [6, 6.07) is 47.5. The molecule has 5 aromatic rings. The molecule has 0 fully saturated rings. The Morgan fingerprint density at radius 3 is 0.826 bits per heavy atom. The largest absolute Gasteiger partial charge is 0.487 e. The lowest BCUT2D eigenvalue weighted by molar-refractivity contribution is 0.125. The first-order valence-electron chi connectivity index (χ1n) is 16.0. The van der Waals surface area contributed by atoms with Crippen LogP contribution in [0.15, 0.2) is 158 Å². The maximum atomic E-state index is 6.98. The highest BCUT2D eigenvalue weighted by molar-refractivity contribution is 8.50. The average molecular weight is 634 g/mol. The quantitative estimate of drug-likeness (QED) is 0.170. The Labute approximate surface area is 276 Å². The van der Waals surface area contributed by atoms with Crippen molar-refractivity contribution in [2.75, 3.05) is 0 Å². The molecular formula is C42H49O3S. The molecule has 0 heterocycles. The van der Waals surface area contributed by atoms with Crippen molar-refractivity contribution < 1.29 is 14.2 Å².